The predicted molar refractivity (Wildman–Crippen MR) is 97.3 cm³/mol. The molecule has 0 bridgehead atoms. The largest absolute Gasteiger partial charge is 0.479 e. The van der Waals surface area contributed by atoms with Gasteiger partial charge in [-0.2, -0.15) is 5.26 Å². The van der Waals surface area contributed by atoms with Crippen LogP contribution in [0, 0.1) is 11.3 Å². The summed E-state index contributed by atoms with van der Waals surface area (Å²) in [5.41, 5.74) is 1.50. The van der Waals surface area contributed by atoms with Gasteiger partial charge in [0.25, 0.3) is 5.91 Å². The minimum atomic E-state index is -0.916. The Hall–Kier alpha value is -3.66. The number of ketones is 1. The second-order valence-corrected chi connectivity index (χ2v) is 5.69. The summed E-state index contributed by atoms with van der Waals surface area (Å²) in [6, 6.07) is 14.6. The van der Waals surface area contributed by atoms with Crippen LogP contribution in [-0.2, 0) is 14.3 Å². The first-order chi connectivity index (χ1) is 12.9. The van der Waals surface area contributed by atoms with E-state index in [1.54, 1.807) is 48.5 Å². The Balaban J connectivity index is 1.80. The molecule has 1 N–H and O–H groups in total. The number of ether oxygens (including phenoxy) is 2. The highest BCUT2D eigenvalue weighted by molar-refractivity contribution is 5.96. The molecule has 2 aromatic carbocycles. The number of nitriles is 1. The molecular formula is C20H18N2O5. The number of Topliss-reactive ketones (excluding diaryl/α,β-unsaturated/α-hetero) is 1. The number of nitrogens with zero attached hydrogens (tertiary/aromatic N) is 1. The molecule has 1 atom stereocenters. The van der Waals surface area contributed by atoms with Gasteiger partial charge in [-0.15, -0.1) is 0 Å². The van der Waals surface area contributed by atoms with Crippen LogP contribution in [0.2, 0.25) is 0 Å². The molecule has 7 heteroatoms. The SMILES string of the molecule is CC(=O)c1ccc(NC(=O)COC(=O)[C@H](C)Oc2ccc(C#N)cc2)cc1. The fraction of sp³-hybridized carbons (Fsp3) is 0.200. The van der Waals surface area contributed by atoms with Crippen molar-refractivity contribution < 1.29 is 23.9 Å². The summed E-state index contributed by atoms with van der Waals surface area (Å²) in [7, 11) is 0. The molecular weight excluding hydrogens is 348 g/mol. The lowest BCUT2D eigenvalue weighted by atomic mass is 10.1. The van der Waals surface area contributed by atoms with Crippen molar-refractivity contribution in [3.05, 3.63) is 59.7 Å². The van der Waals surface area contributed by atoms with Crippen molar-refractivity contribution in [3.63, 3.8) is 0 Å². The van der Waals surface area contributed by atoms with E-state index >= 15 is 0 Å². The molecule has 0 aliphatic heterocycles. The summed E-state index contributed by atoms with van der Waals surface area (Å²) >= 11 is 0. The molecule has 0 saturated heterocycles. The smallest absolute Gasteiger partial charge is 0.347 e. The maximum absolute atomic E-state index is 11.9. The van der Waals surface area contributed by atoms with Gasteiger partial charge in [0, 0.05) is 11.3 Å². The lowest BCUT2D eigenvalue weighted by Crippen LogP contribution is -2.29. The fourth-order valence-electron chi connectivity index (χ4n) is 2.10. The van der Waals surface area contributed by atoms with Crippen LogP contribution in [0.5, 0.6) is 5.75 Å². The van der Waals surface area contributed by atoms with Gasteiger partial charge in [0.2, 0.25) is 0 Å². The molecule has 0 aliphatic rings. The van der Waals surface area contributed by atoms with Gasteiger partial charge in [-0.25, -0.2) is 4.79 Å². The lowest BCUT2D eigenvalue weighted by molar-refractivity contribution is -0.153. The summed E-state index contributed by atoms with van der Waals surface area (Å²) in [6.45, 7) is 2.49. The van der Waals surface area contributed by atoms with Gasteiger partial charge >= 0.3 is 5.97 Å². The van der Waals surface area contributed by atoms with Crippen molar-refractivity contribution in [2.24, 2.45) is 0 Å². The third kappa shape index (κ3) is 5.97. The number of benzene rings is 2. The zero-order valence-corrected chi connectivity index (χ0v) is 14.9. The summed E-state index contributed by atoms with van der Waals surface area (Å²) in [5.74, 6) is -0.863. The number of esters is 1. The van der Waals surface area contributed by atoms with Crippen molar-refractivity contribution in [2.75, 3.05) is 11.9 Å². The molecule has 2 rings (SSSR count). The minimum Gasteiger partial charge on any atom is -0.479 e. The van der Waals surface area contributed by atoms with E-state index in [1.807, 2.05) is 6.07 Å². The van der Waals surface area contributed by atoms with Crippen LogP contribution in [0.4, 0.5) is 5.69 Å². The third-order valence-electron chi connectivity index (χ3n) is 3.55. The Labute approximate surface area is 156 Å². The van der Waals surface area contributed by atoms with Gasteiger partial charge in [-0.3, -0.25) is 9.59 Å². The average Bonchev–Trinajstić information content (AvgIpc) is 2.67. The number of amides is 1. The summed E-state index contributed by atoms with van der Waals surface area (Å²) < 4.78 is 10.3. The fourth-order valence-corrected chi connectivity index (χ4v) is 2.10. The van der Waals surface area contributed by atoms with Gasteiger partial charge in [0.1, 0.15) is 5.75 Å². The highest BCUT2D eigenvalue weighted by Crippen LogP contribution is 2.14. The number of nitrogens with one attached hydrogen (secondary N) is 1. The first-order valence-corrected chi connectivity index (χ1v) is 8.13. The topological polar surface area (TPSA) is 105 Å². The highest BCUT2D eigenvalue weighted by Gasteiger charge is 2.18. The molecule has 1 amide bonds. The van der Waals surface area contributed by atoms with Gasteiger partial charge in [0.15, 0.2) is 18.5 Å². The van der Waals surface area contributed by atoms with E-state index in [0.29, 0.717) is 22.6 Å². The lowest BCUT2D eigenvalue weighted by Gasteiger charge is -2.14. The number of carbonyl (C=O) groups is 3. The molecule has 0 unspecified atom stereocenters. The zero-order chi connectivity index (χ0) is 19.8. The van der Waals surface area contributed by atoms with Crippen LogP contribution in [0.25, 0.3) is 0 Å². The van der Waals surface area contributed by atoms with E-state index < -0.39 is 24.6 Å². The quantitative estimate of drug-likeness (QED) is 0.597. The Bertz CT molecular complexity index is 867. The Kier molecular flexibility index (Phi) is 6.67. The first-order valence-electron chi connectivity index (χ1n) is 8.13. The molecule has 0 aliphatic carbocycles. The van der Waals surface area contributed by atoms with Crippen LogP contribution >= 0.6 is 0 Å². The van der Waals surface area contributed by atoms with Gasteiger partial charge < -0.3 is 14.8 Å². The maximum Gasteiger partial charge on any atom is 0.347 e. The number of hydrogen-bond acceptors (Lipinski definition) is 6. The van der Waals surface area contributed by atoms with Gasteiger partial charge in [-0.1, -0.05) is 0 Å². The molecule has 0 radical (unpaired) electrons. The minimum absolute atomic E-state index is 0.0712. The third-order valence-corrected chi connectivity index (χ3v) is 3.55. The molecule has 0 fully saturated rings. The number of hydrogen-bond donors (Lipinski definition) is 1. The molecule has 0 spiro atoms. The Morgan fingerprint density at radius 3 is 2.26 bits per heavy atom. The second kappa shape index (κ2) is 9.15. The number of rotatable bonds is 7. The van der Waals surface area contributed by atoms with E-state index in [-0.39, 0.29) is 5.78 Å². The first kappa shape index (κ1) is 19.7. The Morgan fingerprint density at radius 1 is 1.07 bits per heavy atom. The molecule has 0 aromatic heterocycles. The van der Waals surface area contributed by atoms with E-state index in [9.17, 15) is 14.4 Å². The standard InChI is InChI=1S/C20H18N2O5/c1-13(23)16-5-7-17(8-6-16)22-19(24)12-26-20(25)14(2)27-18-9-3-15(11-21)4-10-18/h3-10,14H,12H2,1-2H3,(H,22,24)/t14-/m0/s1. The van der Waals surface area contributed by atoms with Gasteiger partial charge in [0.05, 0.1) is 11.6 Å². The van der Waals surface area contributed by atoms with Crippen LogP contribution in [0.15, 0.2) is 48.5 Å². The average molecular weight is 366 g/mol. The van der Waals surface area contributed by atoms with Crippen molar-refractivity contribution >= 4 is 23.3 Å². The van der Waals surface area contributed by atoms with Gasteiger partial charge in [-0.05, 0) is 62.4 Å². The Morgan fingerprint density at radius 2 is 1.70 bits per heavy atom. The van der Waals surface area contributed by atoms with Crippen molar-refractivity contribution in [1.82, 2.24) is 0 Å². The van der Waals surface area contributed by atoms with E-state index in [2.05, 4.69) is 5.32 Å². The van der Waals surface area contributed by atoms with E-state index in [0.717, 1.165) is 0 Å². The normalized spacial score (nSPS) is 11.0. The molecule has 27 heavy (non-hydrogen) atoms. The van der Waals surface area contributed by atoms with Crippen LogP contribution in [0.3, 0.4) is 0 Å². The predicted octanol–water partition coefficient (Wildman–Crippen LogP) is 2.71. The second-order valence-electron chi connectivity index (χ2n) is 5.69. The van der Waals surface area contributed by atoms with Crippen LogP contribution in [-0.4, -0.2) is 30.4 Å². The van der Waals surface area contributed by atoms with Crippen molar-refractivity contribution in [2.45, 2.75) is 20.0 Å². The van der Waals surface area contributed by atoms with E-state index in [4.69, 9.17) is 14.7 Å². The summed E-state index contributed by atoms with van der Waals surface area (Å²) in [4.78, 5) is 35.0. The summed E-state index contributed by atoms with van der Waals surface area (Å²) in [6.07, 6.45) is -0.916. The number of carbonyl (C=O) groups excluding carboxylic acids is 3. The highest BCUT2D eigenvalue weighted by atomic mass is 16.6. The van der Waals surface area contributed by atoms with E-state index in [1.165, 1.54) is 13.8 Å². The molecule has 2 aromatic rings. The monoisotopic (exact) mass is 366 g/mol. The molecule has 0 saturated carbocycles. The van der Waals surface area contributed by atoms with Crippen LogP contribution < -0.4 is 10.1 Å². The zero-order valence-electron chi connectivity index (χ0n) is 14.9. The summed E-state index contributed by atoms with van der Waals surface area (Å²) in [5, 5.41) is 11.3. The van der Waals surface area contributed by atoms with Crippen molar-refractivity contribution in [3.8, 4) is 11.8 Å². The van der Waals surface area contributed by atoms with Crippen molar-refractivity contribution in [1.29, 1.82) is 5.26 Å². The number of anilines is 1. The molecule has 7 nitrogen and oxygen atoms in total. The maximum atomic E-state index is 11.9. The van der Waals surface area contributed by atoms with Crippen LogP contribution in [0.1, 0.15) is 29.8 Å². The molecule has 138 valence electrons. The molecule has 0 heterocycles.